The molecule has 0 atom stereocenters. The molecule has 2 N–H and O–H groups in total. The van der Waals surface area contributed by atoms with E-state index in [1.807, 2.05) is 0 Å². The summed E-state index contributed by atoms with van der Waals surface area (Å²) in [6.07, 6.45) is -4.88. The number of hydrogen-bond donors (Lipinski definition) is 2. The van der Waals surface area contributed by atoms with E-state index in [0.29, 0.717) is 5.56 Å². The number of aromatic nitrogens is 1. The summed E-state index contributed by atoms with van der Waals surface area (Å²) in [7, 11) is -3.82. The summed E-state index contributed by atoms with van der Waals surface area (Å²) in [6, 6.07) is 2.57. The van der Waals surface area contributed by atoms with Gasteiger partial charge in [-0.25, -0.2) is 22.9 Å². The van der Waals surface area contributed by atoms with Crippen molar-refractivity contribution in [1.82, 2.24) is 9.71 Å². The largest absolute Gasteiger partial charge is 0.477 e. The van der Waals surface area contributed by atoms with Crippen LogP contribution in [0.4, 0.5) is 13.2 Å². The molecule has 0 amide bonds. The lowest BCUT2D eigenvalue weighted by molar-refractivity contribution is -0.134. The normalized spacial score (nSPS) is 12.3. The molecule has 0 fully saturated rings. The molecule has 118 valence electrons. The van der Waals surface area contributed by atoms with Gasteiger partial charge in [0.25, 0.3) is 0 Å². The van der Waals surface area contributed by atoms with Crippen LogP contribution in [0.3, 0.4) is 0 Å². The van der Waals surface area contributed by atoms with Gasteiger partial charge in [-0.05, 0) is 18.1 Å². The third-order valence-corrected chi connectivity index (χ3v) is 3.82. The van der Waals surface area contributed by atoms with Crippen LogP contribution in [0, 0.1) is 0 Å². The van der Waals surface area contributed by atoms with Crippen molar-refractivity contribution in [1.29, 1.82) is 0 Å². The van der Waals surface area contributed by atoms with Crippen molar-refractivity contribution in [3.63, 3.8) is 0 Å². The highest BCUT2D eigenvalue weighted by atomic mass is 32.2. The number of rotatable bonds is 7. The Morgan fingerprint density at radius 3 is 2.48 bits per heavy atom. The van der Waals surface area contributed by atoms with Gasteiger partial charge in [-0.2, -0.15) is 13.2 Å². The number of sulfonamides is 1. The number of carboxylic acid groups (broad SMARTS) is 1. The van der Waals surface area contributed by atoms with Gasteiger partial charge in [0.15, 0.2) is 0 Å². The van der Waals surface area contributed by atoms with E-state index in [4.69, 9.17) is 5.11 Å². The second-order valence-electron chi connectivity index (χ2n) is 4.22. The van der Waals surface area contributed by atoms with Gasteiger partial charge in [0.1, 0.15) is 5.69 Å². The molecule has 0 aliphatic rings. The topological polar surface area (TPSA) is 96.4 Å². The Hall–Kier alpha value is -1.68. The Morgan fingerprint density at radius 1 is 1.33 bits per heavy atom. The highest BCUT2D eigenvalue weighted by Gasteiger charge is 2.27. The Balaban J connectivity index is 2.47. The molecular weight excluding hydrogens is 313 g/mol. The summed E-state index contributed by atoms with van der Waals surface area (Å²) in [5.74, 6) is -1.85. The molecule has 10 heteroatoms. The average Bonchev–Trinajstić information content (AvgIpc) is 2.35. The Labute approximate surface area is 119 Å². The Kier molecular flexibility index (Phi) is 5.67. The standard InChI is InChI=1S/C11H13F3N2O4S/c12-11(13,14)4-1-5-21(19,20)16-7-8-2-3-9(10(17)18)15-6-8/h2-3,6,16H,1,4-5,7H2,(H,17,18). The molecule has 0 saturated carbocycles. The second kappa shape index (κ2) is 6.85. The number of carboxylic acids is 1. The van der Waals surface area contributed by atoms with Gasteiger partial charge < -0.3 is 5.11 Å². The number of pyridine rings is 1. The molecule has 0 saturated heterocycles. The number of alkyl halides is 3. The van der Waals surface area contributed by atoms with Crippen LogP contribution in [0.2, 0.25) is 0 Å². The van der Waals surface area contributed by atoms with Crippen LogP contribution < -0.4 is 4.72 Å². The lowest BCUT2D eigenvalue weighted by atomic mass is 10.2. The van der Waals surface area contributed by atoms with Crippen LogP contribution >= 0.6 is 0 Å². The predicted octanol–water partition coefficient (Wildman–Crippen LogP) is 1.54. The van der Waals surface area contributed by atoms with Gasteiger partial charge in [-0.3, -0.25) is 0 Å². The third kappa shape index (κ3) is 7.04. The van der Waals surface area contributed by atoms with Crippen LogP contribution in [0.15, 0.2) is 18.3 Å². The van der Waals surface area contributed by atoms with Crippen molar-refractivity contribution < 1.29 is 31.5 Å². The average molecular weight is 326 g/mol. The Bertz CT molecular complexity index is 584. The van der Waals surface area contributed by atoms with Gasteiger partial charge in [0.05, 0.1) is 5.75 Å². The smallest absolute Gasteiger partial charge is 0.389 e. The maximum atomic E-state index is 11.9. The third-order valence-electron chi connectivity index (χ3n) is 2.41. The highest BCUT2D eigenvalue weighted by Crippen LogP contribution is 2.21. The maximum absolute atomic E-state index is 11.9. The monoisotopic (exact) mass is 326 g/mol. The molecule has 1 aromatic rings. The molecule has 1 rings (SSSR count). The predicted molar refractivity (Wildman–Crippen MR) is 67.1 cm³/mol. The van der Waals surface area contributed by atoms with E-state index in [0.717, 1.165) is 0 Å². The van der Waals surface area contributed by atoms with E-state index in [1.165, 1.54) is 18.3 Å². The van der Waals surface area contributed by atoms with Crippen molar-refractivity contribution >= 4 is 16.0 Å². The summed E-state index contributed by atoms with van der Waals surface area (Å²) in [4.78, 5) is 14.2. The van der Waals surface area contributed by atoms with Crippen molar-refractivity contribution in [2.45, 2.75) is 25.6 Å². The molecule has 6 nitrogen and oxygen atoms in total. The molecule has 1 aromatic heterocycles. The fourth-order valence-electron chi connectivity index (χ4n) is 1.38. The van der Waals surface area contributed by atoms with E-state index < -0.39 is 40.8 Å². The van der Waals surface area contributed by atoms with E-state index in [2.05, 4.69) is 9.71 Å². The second-order valence-corrected chi connectivity index (χ2v) is 6.14. The first-order valence-electron chi connectivity index (χ1n) is 5.81. The van der Waals surface area contributed by atoms with Crippen LogP contribution in [0.1, 0.15) is 28.9 Å². The lowest BCUT2D eigenvalue weighted by Crippen LogP contribution is -2.26. The molecule has 0 unspecified atom stereocenters. The van der Waals surface area contributed by atoms with Crippen molar-refractivity contribution in [3.8, 4) is 0 Å². The van der Waals surface area contributed by atoms with E-state index >= 15 is 0 Å². The van der Waals surface area contributed by atoms with Gasteiger partial charge in [-0.1, -0.05) is 6.07 Å². The molecular formula is C11H13F3N2O4S. The summed E-state index contributed by atoms with van der Waals surface area (Å²) >= 11 is 0. The van der Waals surface area contributed by atoms with Gasteiger partial charge in [-0.15, -0.1) is 0 Å². The van der Waals surface area contributed by atoms with Gasteiger partial charge in [0, 0.05) is 19.2 Å². The quantitative estimate of drug-likeness (QED) is 0.792. The first-order valence-corrected chi connectivity index (χ1v) is 7.46. The molecule has 0 aromatic carbocycles. The minimum atomic E-state index is -4.38. The van der Waals surface area contributed by atoms with Crippen LogP contribution in [-0.2, 0) is 16.6 Å². The number of carbonyl (C=O) groups is 1. The molecule has 0 radical (unpaired) electrons. The minimum absolute atomic E-state index is 0.165. The van der Waals surface area contributed by atoms with Gasteiger partial charge >= 0.3 is 12.1 Å². The fraction of sp³-hybridized carbons (Fsp3) is 0.455. The van der Waals surface area contributed by atoms with Crippen molar-refractivity contribution in [2.24, 2.45) is 0 Å². The number of halogens is 3. The summed E-state index contributed by atoms with van der Waals surface area (Å²) in [5.41, 5.74) is 0.214. The van der Waals surface area contributed by atoms with Crippen LogP contribution in [0.25, 0.3) is 0 Å². The first-order chi connectivity index (χ1) is 9.59. The molecule has 0 spiro atoms. The van der Waals surface area contributed by atoms with Crippen molar-refractivity contribution in [3.05, 3.63) is 29.6 Å². The number of nitrogens with zero attached hydrogens (tertiary/aromatic N) is 1. The van der Waals surface area contributed by atoms with Crippen LogP contribution in [0.5, 0.6) is 0 Å². The maximum Gasteiger partial charge on any atom is 0.389 e. The molecule has 0 aliphatic carbocycles. The van der Waals surface area contributed by atoms with Crippen molar-refractivity contribution in [2.75, 3.05) is 5.75 Å². The number of hydrogen-bond acceptors (Lipinski definition) is 4. The number of nitrogens with one attached hydrogen (secondary N) is 1. The zero-order valence-electron chi connectivity index (χ0n) is 10.7. The zero-order chi connectivity index (χ0) is 16.1. The fourth-order valence-corrected chi connectivity index (χ4v) is 2.44. The summed E-state index contributed by atoms with van der Waals surface area (Å²) < 4.78 is 60.8. The summed E-state index contributed by atoms with van der Waals surface area (Å²) in [6.45, 7) is -0.165. The summed E-state index contributed by atoms with van der Waals surface area (Å²) in [5, 5.41) is 8.63. The first kappa shape index (κ1) is 17.4. The minimum Gasteiger partial charge on any atom is -0.477 e. The molecule has 0 bridgehead atoms. The lowest BCUT2D eigenvalue weighted by Gasteiger charge is -2.08. The van der Waals surface area contributed by atoms with Gasteiger partial charge in [0.2, 0.25) is 10.0 Å². The molecule has 21 heavy (non-hydrogen) atoms. The SMILES string of the molecule is O=C(O)c1ccc(CNS(=O)(=O)CCCC(F)(F)F)cn1. The Morgan fingerprint density at radius 2 is 2.00 bits per heavy atom. The zero-order valence-corrected chi connectivity index (χ0v) is 11.5. The van der Waals surface area contributed by atoms with E-state index in [9.17, 15) is 26.4 Å². The molecule has 0 aliphatic heterocycles. The van der Waals surface area contributed by atoms with E-state index in [1.54, 1.807) is 0 Å². The van der Waals surface area contributed by atoms with Crippen LogP contribution in [-0.4, -0.2) is 36.4 Å². The van der Waals surface area contributed by atoms with E-state index in [-0.39, 0.29) is 12.2 Å². The molecule has 1 heterocycles. The number of aromatic carboxylic acids is 1. The highest BCUT2D eigenvalue weighted by molar-refractivity contribution is 7.89.